The Morgan fingerprint density at radius 1 is 0.833 bits per heavy atom. The second kappa shape index (κ2) is 5.39. The van der Waals surface area contributed by atoms with Gasteiger partial charge >= 0.3 is 5.97 Å². The minimum absolute atomic E-state index is 0.132. The largest absolute Gasteiger partial charge is 0.508 e. The van der Waals surface area contributed by atoms with Gasteiger partial charge in [-0.2, -0.15) is 0 Å². The molecule has 0 aliphatic heterocycles. The second-order valence-corrected chi connectivity index (χ2v) is 5.91. The van der Waals surface area contributed by atoms with E-state index in [1.807, 2.05) is 48.5 Å². The summed E-state index contributed by atoms with van der Waals surface area (Å²) in [6.07, 6.45) is 0. The van der Waals surface area contributed by atoms with Crippen LogP contribution in [0.2, 0.25) is 0 Å². The molecule has 3 aromatic rings. The van der Waals surface area contributed by atoms with Crippen LogP contribution < -0.4 is 0 Å². The summed E-state index contributed by atoms with van der Waals surface area (Å²) >= 11 is 5.54. The molecule has 4 heteroatoms. The average molecular weight is 337 g/mol. The van der Waals surface area contributed by atoms with Crippen molar-refractivity contribution in [3.05, 3.63) is 89.5 Å². The minimum atomic E-state index is -1.15. The first-order chi connectivity index (χ1) is 11.7. The van der Waals surface area contributed by atoms with Gasteiger partial charge in [-0.15, -0.1) is 0 Å². The number of rotatable bonds is 2. The maximum atomic E-state index is 12.9. The molecular formula is C20H13ClO3. The Morgan fingerprint density at radius 3 is 1.83 bits per heavy atom. The highest BCUT2D eigenvalue weighted by Gasteiger charge is 2.52. The molecule has 0 radical (unpaired) electrons. The van der Waals surface area contributed by atoms with Crippen LogP contribution in [0, 0.1) is 0 Å². The number of halogens is 1. The molecule has 0 unspecified atom stereocenters. The highest BCUT2D eigenvalue weighted by Crippen LogP contribution is 2.53. The van der Waals surface area contributed by atoms with E-state index in [0.29, 0.717) is 5.56 Å². The number of phenolic OH excluding ortho intramolecular Hbond substituents is 1. The lowest BCUT2D eigenvalue weighted by Crippen LogP contribution is -2.36. The Kier molecular flexibility index (Phi) is 3.32. The Labute approximate surface area is 144 Å². The molecule has 1 aliphatic carbocycles. The van der Waals surface area contributed by atoms with Crippen LogP contribution in [0.5, 0.6) is 5.75 Å². The highest BCUT2D eigenvalue weighted by molar-refractivity contribution is 6.16. The van der Waals surface area contributed by atoms with Gasteiger partial charge in [0.1, 0.15) is 23.0 Å². The molecule has 24 heavy (non-hydrogen) atoms. The van der Waals surface area contributed by atoms with Gasteiger partial charge in [0, 0.05) is 0 Å². The number of benzene rings is 3. The molecule has 4 rings (SSSR count). The van der Waals surface area contributed by atoms with Gasteiger partial charge in [-0.3, -0.25) is 0 Å². The first kappa shape index (κ1) is 14.8. The fraction of sp³-hybridized carbons (Fsp3) is 0.0500. The lowest BCUT2D eigenvalue weighted by atomic mass is 9.72. The fourth-order valence-electron chi connectivity index (χ4n) is 3.65. The van der Waals surface area contributed by atoms with Gasteiger partial charge < -0.3 is 9.40 Å². The van der Waals surface area contributed by atoms with Crippen molar-refractivity contribution in [2.45, 2.75) is 5.41 Å². The van der Waals surface area contributed by atoms with E-state index in [1.54, 1.807) is 24.3 Å². The number of aromatic hydroxyl groups is 1. The first-order valence-corrected chi connectivity index (χ1v) is 7.82. The molecule has 0 fully saturated rings. The van der Waals surface area contributed by atoms with Gasteiger partial charge in [-0.05, 0) is 39.9 Å². The van der Waals surface area contributed by atoms with Crippen molar-refractivity contribution in [3.8, 4) is 16.9 Å². The Balaban J connectivity index is 2.14. The summed E-state index contributed by atoms with van der Waals surface area (Å²) in [4.78, 5) is 12.9. The molecule has 0 heterocycles. The summed E-state index contributed by atoms with van der Waals surface area (Å²) in [6, 6.07) is 22.0. The third-order valence-electron chi connectivity index (χ3n) is 4.63. The molecule has 0 atom stereocenters. The van der Waals surface area contributed by atoms with Crippen molar-refractivity contribution in [1.29, 1.82) is 0 Å². The molecule has 0 saturated carbocycles. The third kappa shape index (κ3) is 1.82. The number of fused-ring (bicyclic) bond motifs is 3. The zero-order valence-electron chi connectivity index (χ0n) is 12.6. The maximum Gasteiger partial charge on any atom is 0.344 e. The lowest BCUT2D eigenvalue weighted by Gasteiger charge is -2.28. The van der Waals surface area contributed by atoms with Crippen LogP contribution >= 0.6 is 11.9 Å². The van der Waals surface area contributed by atoms with E-state index in [-0.39, 0.29) is 5.75 Å². The van der Waals surface area contributed by atoms with Crippen molar-refractivity contribution in [3.63, 3.8) is 0 Å². The van der Waals surface area contributed by atoms with Gasteiger partial charge in [-0.25, -0.2) is 4.79 Å². The number of carbonyl (C=O) groups excluding carboxylic acids is 1. The van der Waals surface area contributed by atoms with Gasteiger partial charge in [-0.1, -0.05) is 60.7 Å². The summed E-state index contributed by atoms with van der Waals surface area (Å²) < 4.78 is 4.71. The van der Waals surface area contributed by atoms with Crippen LogP contribution in [-0.2, 0) is 14.5 Å². The molecule has 118 valence electrons. The van der Waals surface area contributed by atoms with E-state index < -0.39 is 11.4 Å². The molecule has 0 aromatic heterocycles. The number of phenols is 1. The van der Waals surface area contributed by atoms with E-state index in [9.17, 15) is 9.90 Å². The molecule has 1 N–H and O–H groups in total. The predicted octanol–water partition coefficient (Wildman–Crippen LogP) is 4.40. The van der Waals surface area contributed by atoms with Crippen LogP contribution in [0.15, 0.2) is 72.8 Å². The molecule has 0 saturated heterocycles. The lowest BCUT2D eigenvalue weighted by molar-refractivity contribution is -0.137. The highest BCUT2D eigenvalue weighted by atomic mass is 35.5. The quantitative estimate of drug-likeness (QED) is 0.754. The fourth-order valence-corrected chi connectivity index (χ4v) is 3.77. The zero-order valence-corrected chi connectivity index (χ0v) is 13.3. The predicted molar refractivity (Wildman–Crippen MR) is 91.8 cm³/mol. The van der Waals surface area contributed by atoms with E-state index in [1.165, 1.54) is 0 Å². The summed E-state index contributed by atoms with van der Waals surface area (Å²) in [7, 11) is 0. The molecule has 0 amide bonds. The SMILES string of the molecule is O=C(OCl)C1(c2ccc(O)cc2)c2ccccc2-c2ccccc21. The number of carbonyl (C=O) groups is 1. The monoisotopic (exact) mass is 336 g/mol. The van der Waals surface area contributed by atoms with Crippen molar-refractivity contribution < 1.29 is 14.2 Å². The standard InChI is InChI=1S/C20H13ClO3/c21-24-19(23)20(13-9-11-14(22)12-10-13)17-7-3-1-5-15(17)16-6-2-4-8-18(16)20/h1-12,22H. The van der Waals surface area contributed by atoms with E-state index in [0.717, 1.165) is 22.3 Å². The van der Waals surface area contributed by atoms with Crippen LogP contribution in [-0.4, -0.2) is 11.1 Å². The van der Waals surface area contributed by atoms with Crippen molar-refractivity contribution in [1.82, 2.24) is 0 Å². The number of hydrogen-bond donors (Lipinski definition) is 1. The molecular weight excluding hydrogens is 324 g/mol. The molecule has 0 bridgehead atoms. The van der Waals surface area contributed by atoms with Gasteiger partial charge in [0.25, 0.3) is 0 Å². The van der Waals surface area contributed by atoms with Gasteiger partial charge in [0.05, 0.1) is 0 Å². The number of hydrogen-bond acceptors (Lipinski definition) is 3. The Bertz CT molecular complexity index is 886. The molecule has 3 nitrogen and oxygen atoms in total. The van der Waals surface area contributed by atoms with Crippen molar-refractivity contribution in [2.75, 3.05) is 0 Å². The van der Waals surface area contributed by atoms with Crippen molar-refractivity contribution in [2.24, 2.45) is 0 Å². The second-order valence-electron chi connectivity index (χ2n) is 5.75. The first-order valence-electron chi connectivity index (χ1n) is 7.51. The summed E-state index contributed by atoms with van der Waals surface area (Å²) in [5.41, 5.74) is 3.14. The van der Waals surface area contributed by atoms with Gasteiger partial charge in [0.2, 0.25) is 0 Å². The van der Waals surface area contributed by atoms with Gasteiger partial charge in [0.15, 0.2) is 0 Å². The average Bonchev–Trinajstić information content (AvgIpc) is 2.93. The minimum Gasteiger partial charge on any atom is -0.508 e. The van der Waals surface area contributed by atoms with Crippen LogP contribution in [0.4, 0.5) is 0 Å². The molecule has 1 aliphatic rings. The zero-order chi connectivity index (χ0) is 16.7. The summed E-state index contributed by atoms with van der Waals surface area (Å²) in [5.74, 6) is -0.431. The van der Waals surface area contributed by atoms with E-state index in [2.05, 4.69) is 0 Å². The normalized spacial score (nSPS) is 13.9. The van der Waals surface area contributed by atoms with Crippen molar-refractivity contribution >= 4 is 17.8 Å². The summed E-state index contributed by atoms with van der Waals surface area (Å²) in [5, 5.41) is 9.63. The smallest absolute Gasteiger partial charge is 0.344 e. The van der Waals surface area contributed by atoms with Crippen LogP contribution in [0.25, 0.3) is 11.1 Å². The van der Waals surface area contributed by atoms with E-state index >= 15 is 0 Å². The maximum absolute atomic E-state index is 12.9. The van der Waals surface area contributed by atoms with Crippen LogP contribution in [0.3, 0.4) is 0 Å². The Morgan fingerprint density at radius 2 is 1.33 bits per heavy atom. The molecule has 3 aromatic carbocycles. The third-order valence-corrected chi connectivity index (χ3v) is 4.77. The molecule has 0 spiro atoms. The topological polar surface area (TPSA) is 46.5 Å². The Hall–Kier alpha value is -2.78. The van der Waals surface area contributed by atoms with E-state index in [4.69, 9.17) is 16.2 Å². The summed E-state index contributed by atoms with van der Waals surface area (Å²) in [6.45, 7) is 0. The van der Waals surface area contributed by atoms with Crippen LogP contribution in [0.1, 0.15) is 16.7 Å².